The molecular weight excluding hydrogens is 311 g/mol. The molecule has 1 N–H and O–H groups in total. The molecule has 1 atom stereocenters. The molecule has 5 heteroatoms. The van der Waals surface area contributed by atoms with Crippen molar-refractivity contribution in [2.24, 2.45) is 0 Å². The lowest BCUT2D eigenvalue weighted by molar-refractivity contribution is 0.0936. The lowest BCUT2D eigenvalue weighted by atomic mass is 10.2. The number of carbonyl (C=O) groups is 1. The molecule has 1 aromatic rings. The molecule has 1 aliphatic rings. The SMILES string of the molecule is CC(CNC(=O)c1cccc(Br)c1F)N1CCCC1. The Kier molecular flexibility index (Phi) is 4.93. The van der Waals surface area contributed by atoms with Crippen molar-refractivity contribution in [1.29, 1.82) is 0 Å². The Morgan fingerprint density at radius 3 is 2.84 bits per heavy atom. The van der Waals surface area contributed by atoms with E-state index in [9.17, 15) is 9.18 Å². The van der Waals surface area contributed by atoms with Crippen molar-refractivity contribution < 1.29 is 9.18 Å². The van der Waals surface area contributed by atoms with E-state index in [1.54, 1.807) is 12.1 Å². The topological polar surface area (TPSA) is 32.3 Å². The quantitative estimate of drug-likeness (QED) is 0.921. The molecule has 2 rings (SSSR count). The third kappa shape index (κ3) is 3.54. The first-order valence-electron chi connectivity index (χ1n) is 6.56. The molecule has 0 aromatic heterocycles. The Balaban J connectivity index is 1.92. The second-order valence-corrected chi connectivity index (χ2v) is 5.76. The van der Waals surface area contributed by atoms with Crippen LogP contribution in [0.3, 0.4) is 0 Å². The van der Waals surface area contributed by atoms with Gasteiger partial charge in [-0.15, -0.1) is 0 Å². The maximum Gasteiger partial charge on any atom is 0.254 e. The molecule has 1 unspecified atom stereocenters. The zero-order valence-electron chi connectivity index (χ0n) is 11.0. The zero-order chi connectivity index (χ0) is 13.8. The number of hydrogen-bond donors (Lipinski definition) is 1. The second kappa shape index (κ2) is 6.48. The second-order valence-electron chi connectivity index (χ2n) is 4.90. The molecule has 1 heterocycles. The van der Waals surface area contributed by atoms with Crippen molar-refractivity contribution in [1.82, 2.24) is 10.2 Å². The van der Waals surface area contributed by atoms with E-state index in [2.05, 4.69) is 33.1 Å². The third-order valence-corrected chi connectivity index (χ3v) is 4.13. The van der Waals surface area contributed by atoms with E-state index in [0.29, 0.717) is 17.1 Å². The van der Waals surface area contributed by atoms with Gasteiger partial charge in [-0.25, -0.2) is 4.39 Å². The van der Waals surface area contributed by atoms with Crippen molar-refractivity contribution in [3.8, 4) is 0 Å². The number of nitrogens with one attached hydrogen (secondary N) is 1. The lowest BCUT2D eigenvalue weighted by Gasteiger charge is -2.23. The highest BCUT2D eigenvalue weighted by atomic mass is 79.9. The van der Waals surface area contributed by atoms with Crippen LogP contribution in [0.2, 0.25) is 0 Å². The summed E-state index contributed by atoms with van der Waals surface area (Å²) < 4.78 is 14.1. The van der Waals surface area contributed by atoms with Crippen LogP contribution < -0.4 is 5.32 Å². The van der Waals surface area contributed by atoms with Crippen LogP contribution in [0.25, 0.3) is 0 Å². The Morgan fingerprint density at radius 1 is 1.47 bits per heavy atom. The van der Waals surface area contributed by atoms with Crippen molar-refractivity contribution in [3.63, 3.8) is 0 Å². The first kappa shape index (κ1) is 14.5. The number of nitrogens with zero attached hydrogens (tertiary/aromatic N) is 1. The summed E-state index contributed by atoms with van der Waals surface area (Å²) in [6.07, 6.45) is 2.44. The van der Waals surface area contributed by atoms with Crippen LogP contribution in [0.15, 0.2) is 22.7 Å². The molecule has 3 nitrogen and oxygen atoms in total. The number of likely N-dealkylation sites (tertiary alicyclic amines) is 1. The number of benzene rings is 1. The molecule has 19 heavy (non-hydrogen) atoms. The fourth-order valence-corrected chi connectivity index (χ4v) is 2.69. The normalized spacial score (nSPS) is 17.4. The van der Waals surface area contributed by atoms with Crippen LogP contribution in [0.4, 0.5) is 4.39 Å². The summed E-state index contributed by atoms with van der Waals surface area (Å²) in [5.74, 6) is -0.862. The molecule has 104 valence electrons. The van der Waals surface area contributed by atoms with Crippen LogP contribution in [0, 0.1) is 5.82 Å². The molecule has 1 saturated heterocycles. The molecule has 1 amide bonds. The van der Waals surface area contributed by atoms with E-state index >= 15 is 0 Å². The van der Waals surface area contributed by atoms with E-state index in [4.69, 9.17) is 0 Å². The first-order valence-corrected chi connectivity index (χ1v) is 7.35. The van der Waals surface area contributed by atoms with Gasteiger partial charge in [-0.1, -0.05) is 6.07 Å². The van der Waals surface area contributed by atoms with Gasteiger partial charge in [0.1, 0.15) is 5.82 Å². The van der Waals surface area contributed by atoms with Crippen molar-refractivity contribution in [2.45, 2.75) is 25.8 Å². The van der Waals surface area contributed by atoms with Crippen LogP contribution in [0.5, 0.6) is 0 Å². The molecular formula is C14H18BrFN2O. The first-order chi connectivity index (χ1) is 9.09. The average molecular weight is 329 g/mol. The standard InChI is InChI=1S/C14H18BrFN2O/c1-10(18-7-2-3-8-18)9-17-14(19)11-5-4-6-12(15)13(11)16/h4-6,10H,2-3,7-9H2,1H3,(H,17,19). The zero-order valence-corrected chi connectivity index (χ0v) is 12.5. The summed E-state index contributed by atoms with van der Waals surface area (Å²) in [5, 5.41) is 2.80. The number of carbonyl (C=O) groups excluding carboxylic acids is 1. The number of rotatable bonds is 4. The highest BCUT2D eigenvalue weighted by Gasteiger charge is 2.19. The summed E-state index contributed by atoms with van der Waals surface area (Å²) >= 11 is 3.09. The van der Waals surface area contributed by atoms with E-state index in [-0.39, 0.29) is 11.5 Å². The minimum atomic E-state index is -0.506. The molecule has 0 bridgehead atoms. The molecule has 0 saturated carbocycles. The summed E-state index contributed by atoms with van der Waals surface area (Å²) in [5.41, 5.74) is 0.0861. The predicted molar refractivity (Wildman–Crippen MR) is 76.7 cm³/mol. The summed E-state index contributed by atoms with van der Waals surface area (Å²) in [4.78, 5) is 14.3. The average Bonchev–Trinajstić information content (AvgIpc) is 2.93. The van der Waals surface area contributed by atoms with Gasteiger partial charge in [-0.2, -0.15) is 0 Å². The van der Waals surface area contributed by atoms with E-state index < -0.39 is 5.82 Å². The van der Waals surface area contributed by atoms with Crippen molar-refractivity contribution in [3.05, 3.63) is 34.1 Å². The maximum atomic E-state index is 13.8. The number of amides is 1. The van der Waals surface area contributed by atoms with Crippen LogP contribution in [-0.2, 0) is 0 Å². The Hall–Kier alpha value is -0.940. The molecule has 1 aliphatic heterocycles. The van der Waals surface area contributed by atoms with Gasteiger partial charge in [-0.05, 0) is 60.9 Å². The lowest BCUT2D eigenvalue weighted by Crippen LogP contribution is -2.40. The van der Waals surface area contributed by atoms with Gasteiger partial charge in [0.15, 0.2) is 0 Å². The third-order valence-electron chi connectivity index (χ3n) is 3.52. The van der Waals surface area contributed by atoms with E-state index in [1.807, 2.05) is 0 Å². The predicted octanol–water partition coefficient (Wildman–Crippen LogP) is 2.80. The smallest absolute Gasteiger partial charge is 0.254 e. The number of halogens is 2. The van der Waals surface area contributed by atoms with E-state index in [0.717, 1.165) is 13.1 Å². The Morgan fingerprint density at radius 2 is 2.16 bits per heavy atom. The minimum absolute atomic E-state index is 0.0861. The molecule has 1 fully saturated rings. The minimum Gasteiger partial charge on any atom is -0.350 e. The van der Waals surface area contributed by atoms with Gasteiger partial charge in [0.25, 0.3) is 5.91 Å². The highest BCUT2D eigenvalue weighted by Crippen LogP contribution is 2.18. The van der Waals surface area contributed by atoms with Crippen LogP contribution in [-0.4, -0.2) is 36.5 Å². The fraction of sp³-hybridized carbons (Fsp3) is 0.500. The Labute approximate surface area is 121 Å². The fourth-order valence-electron chi connectivity index (χ4n) is 2.33. The van der Waals surface area contributed by atoms with Crippen molar-refractivity contribution >= 4 is 21.8 Å². The Bertz CT molecular complexity index is 461. The molecule has 0 radical (unpaired) electrons. The number of hydrogen-bond acceptors (Lipinski definition) is 2. The summed E-state index contributed by atoms with van der Waals surface area (Å²) in [6.45, 7) is 4.80. The van der Waals surface area contributed by atoms with Gasteiger partial charge in [0.05, 0.1) is 10.0 Å². The summed E-state index contributed by atoms with van der Waals surface area (Å²) in [6, 6.07) is 5.03. The van der Waals surface area contributed by atoms with Gasteiger partial charge in [0.2, 0.25) is 0 Å². The van der Waals surface area contributed by atoms with Gasteiger partial charge in [0, 0.05) is 12.6 Å². The maximum absolute atomic E-state index is 13.8. The van der Waals surface area contributed by atoms with Crippen LogP contribution >= 0.6 is 15.9 Å². The van der Waals surface area contributed by atoms with Crippen molar-refractivity contribution in [2.75, 3.05) is 19.6 Å². The van der Waals surface area contributed by atoms with E-state index in [1.165, 1.54) is 18.9 Å². The highest BCUT2D eigenvalue weighted by molar-refractivity contribution is 9.10. The van der Waals surface area contributed by atoms with Gasteiger partial charge in [-0.3, -0.25) is 9.69 Å². The largest absolute Gasteiger partial charge is 0.350 e. The van der Waals surface area contributed by atoms with Crippen LogP contribution in [0.1, 0.15) is 30.1 Å². The monoisotopic (exact) mass is 328 g/mol. The summed E-state index contributed by atoms with van der Waals surface area (Å²) in [7, 11) is 0. The van der Waals surface area contributed by atoms with Gasteiger partial charge < -0.3 is 5.32 Å². The van der Waals surface area contributed by atoms with Gasteiger partial charge >= 0.3 is 0 Å². The molecule has 0 spiro atoms. The molecule has 0 aliphatic carbocycles. The molecule has 1 aromatic carbocycles.